The fourth-order valence-electron chi connectivity index (χ4n) is 13.3. The molecular formula is C77H47N7. The van der Waals surface area contributed by atoms with Crippen LogP contribution in [0.25, 0.3) is 155 Å². The highest BCUT2D eigenvalue weighted by atomic mass is 15.0. The van der Waals surface area contributed by atoms with E-state index in [0.717, 1.165) is 128 Å². The van der Waals surface area contributed by atoms with E-state index in [4.69, 9.17) is 9.97 Å². The minimum atomic E-state index is 0.544. The van der Waals surface area contributed by atoms with Gasteiger partial charge in [-0.15, -0.1) is 0 Å². The highest BCUT2D eigenvalue weighted by Crippen LogP contribution is 2.46. The first kappa shape index (κ1) is 47.2. The maximum absolute atomic E-state index is 11.0. The predicted molar refractivity (Wildman–Crippen MR) is 346 cm³/mol. The SMILES string of the molecule is N#Cc1ccc(-n2c3ccccc3c3cc4c5ccccc5n(-c5ccccc5)c4cc32)c(-c2cc(-c3nc(-c4ccccc4)cc(-c4ccccc4)n3)ccc2-n2c3ccccc3c3cc4c5ccccc5n(-c5ccccc5)c4cc32)c1. The van der Waals surface area contributed by atoms with Crippen LogP contribution >= 0.6 is 0 Å². The Balaban J connectivity index is 0.998. The standard InChI is InChI=1S/C77H47N7/c78-48-49-37-39-71(83-69-35-19-15-31-57(69)63-43-61-55-29-13-17-33-67(55)81(73(61)46-75(63)83)53-25-9-3-10-26-53)59(41-49)60-42-52(77-79-65(50-21-5-1-6-22-50)45-66(80-77)51-23-7-2-8-24-51)38-40-72(60)84-70-36-20-16-32-58(70)64-44-62-56-30-14-18-34-68(56)82(74(62)47-76(64)84)54-27-11-4-12-28-54/h1-47H. The van der Waals surface area contributed by atoms with E-state index in [9.17, 15) is 5.26 Å². The molecule has 7 nitrogen and oxygen atoms in total. The van der Waals surface area contributed by atoms with Crippen molar-refractivity contribution in [2.24, 2.45) is 0 Å². The molecule has 0 saturated carbocycles. The summed E-state index contributed by atoms with van der Waals surface area (Å²) in [5.41, 5.74) is 19.6. The van der Waals surface area contributed by atoms with E-state index in [1.807, 2.05) is 18.2 Å². The second-order valence-electron chi connectivity index (χ2n) is 21.6. The highest BCUT2D eigenvalue weighted by molar-refractivity contribution is 6.21. The molecule has 0 saturated heterocycles. The van der Waals surface area contributed by atoms with Gasteiger partial charge in [0.25, 0.3) is 0 Å². The summed E-state index contributed by atoms with van der Waals surface area (Å²) < 4.78 is 9.63. The molecular weight excluding hydrogens is 1020 g/mol. The zero-order valence-electron chi connectivity index (χ0n) is 45.3. The first-order chi connectivity index (χ1) is 41.6. The first-order valence-electron chi connectivity index (χ1n) is 28.4. The molecule has 0 aliphatic heterocycles. The summed E-state index contributed by atoms with van der Waals surface area (Å²) in [4.78, 5) is 10.8. The van der Waals surface area contributed by atoms with Gasteiger partial charge in [-0.1, -0.05) is 170 Å². The third-order valence-electron chi connectivity index (χ3n) is 17.0. The van der Waals surface area contributed by atoms with Crippen LogP contribution in [0.4, 0.5) is 0 Å². The maximum atomic E-state index is 11.0. The summed E-state index contributed by atoms with van der Waals surface area (Å²) in [5, 5.41) is 20.3. The van der Waals surface area contributed by atoms with Crippen molar-refractivity contribution < 1.29 is 0 Å². The van der Waals surface area contributed by atoms with Crippen molar-refractivity contribution in [2.75, 3.05) is 0 Å². The van der Waals surface area contributed by atoms with Crippen LogP contribution in [-0.4, -0.2) is 28.2 Å². The molecule has 0 bridgehead atoms. The normalized spacial score (nSPS) is 11.8. The topological polar surface area (TPSA) is 69.3 Å². The third kappa shape index (κ3) is 7.24. The van der Waals surface area contributed by atoms with Crippen molar-refractivity contribution in [2.45, 2.75) is 0 Å². The van der Waals surface area contributed by atoms with Crippen molar-refractivity contribution >= 4 is 87.2 Å². The summed E-state index contributed by atoms with van der Waals surface area (Å²) in [5.74, 6) is 0.588. The number of nitrogens with zero attached hydrogens (tertiary/aromatic N) is 7. The summed E-state index contributed by atoms with van der Waals surface area (Å²) in [7, 11) is 0. The van der Waals surface area contributed by atoms with Crippen LogP contribution in [0.3, 0.4) is 0 Å². The van der Waals surface area contributed by atoms with Crippen LogP contribution in [0, 0.1) is 11.3 Å². The van der Waals surface area contributed by atoms with E-state index >= 15 is 0 Å². The lowest BCUT2D eigenvalue weighted by atomic mass is 9.96. The second-order valence-corrected chi connectivity index (χ2v) is 21.6. The molecule has 390 valence electrons. The average molecular weight is 1070 g/mol. The van der Waals surface area contributed by atoms with Crippen molar-refractivity contribution in [1.29, 1.82) is 5.26 Å². The molecule has 0 N–H and O–H groups in total. The number of para-hydroxylation sites is 6. The molecule has 0 atom stereocenters. The minimum Gasteiger partial charge on any atom is -0.309 e. The van der Waals surface area contributed by atoms with Crippen LogP contribution in [0.1, 0.15) is 5.56 Å². The molecule has 12 aromatic carbocycles. The van der Waals surface area contributed by atoms with Crippen LogP contribution in [0.15, 0.2) is 285 Å². The molecule has 17 rings (SSSR count). The number of hydrogen-bond acceptors (Lipinski definition) is 3. The maximum Gasteiger partial charge on any atom is 0.160 e. The molecule has 17 aromatic rings. The Labute approximate surface area is 482 Å². The third-order valence-corrected chi connectivity index (χ3v) is 17.0. The van der Waals surface area contributed by atoms with Crippen molar-refractivity contribution in [3.8, 4) is 73.8 Å². The van der Waals surface area contributed by atoms with Gasteiger partial charge in [-0.05, 0) is 115 Å². The quantitative estimate of drug-likeness (QED) is 0.152. The Morgan fingerprint density at radius 3 is 1.05 bits per heavy atom. The highest BCUT2D eigenvalue weighted by Gasteiger charge is 2.26. The summed E-state index contributed by atoms with van der Waals surface area (Å²) in [6.07, 6.45) is 0. The number of nitriles is 1. The van der Waals surface area contributed by atoms with E-state index in [-0.39, 0.29) is 0 Å². The van der Waals surface area contributed by atoms with E-state index in [0.29, 0.717) is 11.4 Å². The van der Waals surface area contributed by atoms with Crippen molar-refractivity contribution in [1.82, 2.24) is 28.2 Å². The number of benzene rings is 12. The summed E-state index contributed by atoms with van der Waals surface area (Å²) in [6, 6.07) is 104. The second kappa shape index (κ2) is 18.7. The van der Waals surface area contributed by atoms with Gasteiger partial charge in [0.15, 0.2) is 5.82 Å². The van der Waals surface area contributed by atoms with Crippen molar-refractivity contribution in [3.63, 3.8) is 0 Å². The van der Waals surface area contributed by atoms with Crippen LogP contribution < -0.4 is 0 Å². The zero-order valence-corrected chi connectivity index (χ0v) is 45.3. The van der Waals surface area contributed by atoms with Gasteiger partial charge in [0, 0.05) is 82.3 Å². The van der Waals surface area contributed by atoms with Crippen LogP contribution in [0.5, 0.6) is 0 Å². The Hall–Kier alpha value is -11.6. The molecule has 0 amide bonds. The lowest BCUT2D eigenvalue weighted by Gasteiger charge is -2.20. The number of rotatable bonds is 8. The van der Waals surface area contributed by atoms with E-state index in [1.165, 1.54) is 21.5 Å². The molecule has 7 heteroatoms. The number of aromatic nitrogens is 6. The molecule has 0 aliphatic rings. The first-order valence-corrected chi connectivity index (χ1v) is 28.4. The number of fused-ring (bicyclic) bond motifs is 12. The largest absolute Gasteiger partial charge is 0.309 e. The van der Waals surface area contributed by atoms with Gasteiger partial charge in [-0.3, -0.25) is 0 Å². The lowest BCUT2D eigenvalue weighted by molar-refractivity contribution is 1.15. The molecule has 0 radical (unpaired) electrons. The molecule has 84 heavy (non-hydrogen) atoms. The van der Waals surface area contributed by atoms with E-state index < -0.39 is 0 Å². The zero-order chi connectivity index (χ0) is 55.4. The monoisotopic (exact) mass is 1070 g/mol. The van der Waals surface area contributed by atoms with Gasteiger partial charge < -0.3 is 18.3 Å². The molecule has 0 unspecified atom stereocenters. The van der Waals surface area contributed by atoms with E-state index in [1.54, 1.807) is 0 Å². The molecule has 0 fully saturated rings. The average Bonchev–Trinajstić information content (AvgIpc) is 2.00. The molecule has 5 aromatic heterocycles. The number of hydrogen-bond donors (Lipinski definition) is 0. The summed E-state index contributed by atoms with van der Waals surface area (Å²) in [6.45, 7) is 0. The van der Waals surface area contributed by atoms with Gasteiger partial charge in [-0.25, -0.2) is 9.97 Å². The van der Waals surface area contributed by atoms with E-state index in [2.05, 4.69) is 291 Å². The van der Waals surface area contributed by atoms with Gasteiger partial charge in [0.1, 0.15) is 0 Å². The Kier molecular flexibility index (Phi) is 10.5. The van der Waals surface area contributed by atoms with Gasteiger partial charge in [-0.2, -0.15) is 5.26 Å². The fraction of sp³-hybridized carbons (Fsp3) is 0. The molecule has 0 spiro atoms. The predicted octanol–water partition coefficient (Wildman–Crippen LogP) is 19.4. The van der Waals surface area contributed by atoms with Crippen LogP contribution in [0.2, 0.25) is 0 Å². The van der Waals surface area contributed by atoms with Gasteiger partial charge in [0.05, 0.1) is 78.5 Å². The van der Waals surface area contributed by atoms with Crippen molar-refractivity contribution in [3.05, 3.63) is 291 Å². The Morgan fingerprint density at radius 2 is 0.619 bits per heavy atom. The molecule has 0 aliphatic carbocycles. The van der Waals surface area contributed by atoms with Gasteiger partial charge in [0.2, 0.25) is 0 Å². The minimum absolute atomic E-state index is 0.544. The Bertz CT molecular complexity index is 5490. The van der Waals surface area contributed by atoms with Gasteiger partial charge >= 0.3 is 0 Å². The smallest absolute Gasteiger partial charge is 0.160 e. The Morgan fingerprint density at radius 1 is 0.262 bits per heavy atom. The van der Waals surface area contributed by atoms with Crippen LogP contribution in [-0.2, 0) is 0 Å². The summed E-state index contributed by atoms with van der Waals surface area (Å²) >= 11 is 0. The molecule has 5 heterocycles. The fourth-order valence-corrected chi connectivity index (χ4v) is 13.3. The lowest BCUT2D eigenvalue weighted by Crippen LogP contribution is -2.03.